The first-order valence-electron chi connectivity index (χ1n) is 5.09. The van der Waals surface area contributed by atoms with Crippen LogP contribution in [-0.2, 0) is 10.3 Å². The molecule has 2 N–H and O–H groups in total. The summed E-state index contributed by atoms with van der Waals surface area (Å²) in [5, 5.41) is 10.6. The van der Waals surface area contributed by atoms with Crippen LogP contribution in [0.5, 0.6) is 0 Å². The van der Waals surface area contributed by atoms with Gasteiger partial charge in [0, 0.05) is 19.0 Å². The van der Waals surface area contributed by atoms with E-state index in [1.54, 1.807) is 0 Å². The molecule has 1 aromatic carbocycles. The van der Waals surface area contributed by atoms with Gasteiger partial charge < -0.3 is 15.2 Å². The monoisotopic (exact) mass is 243 g/mol. The lowest BCUT2D eigenvalue weighted by molar-refractivity contribution is 0.192. The van der Waals surface area contributed by atoms with Crippen LogP contribution >= 0.6 is 0 Å². The van der Waals surface area contributed by atoms with Gasteiger partial charge in [-0.3, -0.25) is 0 Å². The summed E-state index contributed by atoms with van der Waals surface area (Å²) in [6.07, 6.45) is -0.784. The molecule has 0 aliphatic carbocycles. The average Bonchev–Trinajstić information content (AvgIpc) is 2.97. The van der Waals surface area contributed by atoms with Crippen LogP contribution in [0.3, 0.4) is 0 Å². The molecule has 17 heavy (non-hydrogen) atoms. The minimum absolute atomic E-state index is 0.174. The summed E-state index contributed by atoms with van der Waals surface area (Å²) < 4.78 is 31.3. The van der Waals surface area contributed by atoms with Crippen molar-refractivity contribution in [3.8, 4) is 0 Å². The molecule has 0 unspecified atom stereocenters. The molecular formula is C11H11F2NO3. The number of epoxide rings is 1. The highest BCUT2D eigenvalue weighted by molar-refractivity contribution is 5.64. The van der Waals surface area contributed by atoms with Crippen molar-refractivity contribution in [2.24, 2.45) is 0 Å². The van der Waals surface area contributed by atoms with Crippen LogP contribution in [-0.4, -0.2) is 24.4 Å². The molecule has 0 radical (unpaired) electrons. The van der Waals surface area contributed by atoms with E-state index in [2.05, 4.69) is 5.32 Å². The van der Waals surface area contributed by atoms with Crippen molar-refractivity contribution in [1.29, 1.82) is 0 Å². The van der Waals surface area contributed by atoms with E-state index in [0.29, 0.717) is 18.6 Å². The van der Waals surface area contributed by atoms with Crippen molar-refractivity contribution in [1.82, 2.24) is 5.32 Å². The lowest BCUT2D eigenvalue weighted by Crippen LogP contribution is -2.26. The van der Waals surface area contributed by atoms with Crippen LogP contribution in [0.1, 0.15) is 12.0 Å². The Morgan fingerprint density at radius 1 is 1.41 bits per heavy atom. The molecule has 1 heterocycles. The third-order valence-corrected chi connectivity index (χ3v) is 2.69. The fourth-order valence-electron chi connectivity index (χ4n) is 1.73. The van der Waals surface area contributed by atoms with E-state index in [1.165, 1.54) is 12.1 Å². The molecule has 92 valence electrons. The molecule has 1 amide bonds. The third kappa shape index (κ3) is 2.71. The second-order valence-corrected chi connectivity index (χ2v) is 3.92. The van der Waals surface area contributed by atoms with E-state index < -0.39 is 23.3 Å². The lowest BCUT2D eigenvalue weighted by Gasteiger charge is -2.12. The Labute approximate surface area is 96.2 Å². The van der Waals surface area contributed by atoms with E-state index in [4.69, 9.17) is 9.84 Å². The highest BCUT2D eigenvalue weighted by Crippen LogP contribution is 2.42. The van der Waals surface area contributed by atoms with Crippen molar-refractivity contribution in [2.75, 3.05) is 13.2 Å². The van der Waals surface area contributed by atoms with Gasteiger partial charge in [-0.1, -0.05) is 0 Å². The van der Waals surface area contributed by atoms with Gasteiger partial charge in [0.15, 0.2) is 0 Å². The summed E-state index contributed by atoms with van der Waals surface area (Å²) in [7, 11) is 0. The first-order chi connectivity index (χ1) is 8.02. The summed E-state index contributed by atoms with van der Waals surface area (Å²) >= 11 is 0. The van der Waals surface area contributed by atoms with Crippen LogP contribution in [0, 0.1) is 11.6 Å². The van der Waals surface area contributed by atoms with Crippen molar-refractivity contribution >= 4 is 6.09 Å². The molecule has 2 rings (SSSR count). The number of amides is 1. The molecule has 1 aliphatic rings. The summed E-state index contributed by atoms with van der Waals surface area (Å²) in [5.41, 5.74) is -0.340. The highest BCUT2D eigenvalue weighted by atomic mass is 19.1. The smallest absolute Gasteiger partial charge is 0.404 e. The predicted octanol–water partition coefficient (Wildman–Crippen LogP) is 1.85. The molecule has 4 nitrogen and oxygen atoms in total. The zero-order valence-electron chi connectivity index (χ0n) is 8.87. The van der Waals surface area contributed by atoms with Gasteiger partial charge in [-0.05, 0) is 17.7 Å². The van der Waals surface area contributed by atoms with E-state index in [-0.39, 0.29) is 6.54 Å². The average molecular weight is 243 g/mol. The number of hydrogen-bond acceptors (Lipinski definition) is 2. The first-order valence-corrected chi connectivity index (χ1v) is 5.09. The molecule has 0 spiro atoms. The quantitative estimate of drug-likeness (QED) is 0.793. The first kappa shape index (κ1) is 11.8. The molecule has 1 atom stereocenters. The topological polar surface area (TPSA) is 61.9 Å². The van der Waals surface area contributed by atoms with Gasteiger partial charge in [-0.2, -0.15) is 0 Å². The number of carboxylic acid groups (broad SMARTS) is 1. The van der Waals surface area contributed by atoms with Crippen LogP contribution in [0.2, 0.25) is 0 Å². The SMILES string of the molecule is O=C(O)NCC[C@]1(c2cc(F)cc(F)c2)CO1. The number of halogens is 2. The molecule has 1 aliphatic heterocycles. The minimum atomic E-state index is -1.13. The standard InChI is InChI=1S/C11H11F2NO3/c12-8-3-7(4-9(13)5-8)11(6-17-11)1-2-14-10(15)16/h3-5,14H,1-2,6H2,(H,15,16)/t11-/m1/s1. The van der Waals surface area contributed by atoms with Crippen LogP contribution in [0.15, 0.2) is 18.2 Å². The summed E-state index contributed by atoms with van der Waals surface area (Å²) in [6, 6.07) is 3.20. The summed E-state index contributed by atoms with van der Waals surface area (Å²) in [4.78, 5) is 10.3. The van der Waals surface area contributed by atoms with Gasteiger partial charge in [0.25, 0.3) is 0 Å². The Bertz CT molecular complexity index is 426. The molecule has 0 saturated carbocycles. The highest BCUT2D eigenvalue weighted by Gasteiger charge is 2.46. The zero-order valence-corrected chi connectivity index (χ0v) is 8.87. The van der Waals surface area contributed by atoms with E-state index >= 15 is 0 Å². The minimum Gasteiger partial charge on any atom is -0.465 e. The van der Waals surface area contributed by atoms with E-state index in [1.807, 2.05) is 0 Å². The Morgan fingerprint density at radius 3 is 2.47 bits per heavy atom. The van der Waals surface area contributed by atoms with E-state index in [9.17, 15) is 13.6 Å². The van der Waals surface area contributed by atoms with Crippen LogP contribution in [0.4, 0.5) is 13.6 Å². The number of hydrogen-bond donors (Lipinski definition) is 2. The fourth-order valence-corrected chi connectivity index (χ4v) is 1.73. The summed E-state index contributed by atoms with van der Waals surface area (Å²) in [5.74, 6) is -1.33. The maximum Gasteiger partial charge on any atom is 0.404 e. The largest absolute Gasteiger partial charge is 0.465 e. The van der Waals surface area contributed by atoms with Gasteiger partial charge in [-0.25, -0.2) is 13.6 Å². The molecule has 1 saturated heterocycles. The molecule has 6 heteroatoms. The normalized spacial score (nSPS) is 22.2. The Kier molecular flexibility index (Phi) is 2.97. The molecule has 0 bridgehead atoms. The molecule has 0 aromatic heterocycles. The van der Waals surface area contributed by atoms with Gasteiger partial charge >= 0.3 is 6.09 Å². The molecule has 1 aromatic rings. The van der Waals surface area contributed by atoms with Crippen LogP contribution in [0.25, 0.3) is 0 Å². The van der Waals surface area contributed by atoms with Crippen molar-refractivity contribution in [3.63, 3.8) is 0 Å². The third-order valence-electron chi connectivity index (χ3n) is 2.69. The number of carbonyl (C=O) groups is 1. The van der Waals surface area contributed by atoms with Gasteiger partial charge in [0.2, 0.25) is 0 Å². The fraction of sp³-hybridized carbons (Fsp3) is 0.364. The molecular weight excluding hydrogens is 232 g/mol. The van der Waals surface area contributed by atoms with Gasteiger partial charge in [0.1, 0.15) is 17.2 Å². The second kappa shape index (κ2) is 4.29. The van der Waals surface area contributed by atoms with Crippen molar-refractivity contribution < 1.29 is 23.4 Å². The second-order valence-electron chi connectivity index (χ2n) is 3.92. The van der Waals surface area contributed by atoms with Gasteiger partial charge in [-0.15, -0.1) is 0 Å². The maximum atomic E-state index is 13.0. The summed E-state index contributed by atoms with van der Waals surface area (Å²) in [6.45, 7) is 0.519. The van der Waals surface area contributed by atoms with Crippen LogP contribution < -0.4 is 5.32 Å². The lowest BCUT2D eigenvalue weighted by atomic mass is 9.96. The van der Waals surface area contributed by atoms with Crippen molar-refractivity contribution in [2.45, 2.75) is 12.0 Å². The Morgan fingerprint density at radius 2 is 2.00 bits per heavy atom. The molecule has 1 fully saturated rings. The zero-order chi connectivity index (χ0) is 12.5. The van der Waals surface area contributed by atoms with E-state index in [0.717, 1.165) is 6.07 Å². The number of benzene rings is 1. The number of nitrogens with one attached hydrogen (secondary N) is 1. The number of rotatable bonds is 4. The number of ether oxygens (including phenoxy) is 1. The van der Waals surface area contributed by atoms with Gasteiger partial charge in [0.05, 0.1) is 6.61 Å². The van der Waals surface area contributed by atoms with Crippen molar-refractivity contribution in [3.05, 3.63) is 35.4 Å². The Balaban J connectivity index is 2.07. The maximum absolute atomic E-state index is 13.0. The Hall–Kier alpha value is -1.69. The predicted molar refractivity (Wildman–Crippen MR) is 54.6 cm³/mol.